The van der Waals surface area contributed by atoms with Gasteiger partial charge in [0.1, 0.15) is 5.84 Å². The second-order valence-corrected chi connectivity index (χ2v) is 7.23. The lowest BCUT2D eigenvalue weighted by atomic mass is 9.87. The Hall–Kier alpha value is -1.74. The molecule has 0 aromatic heterocycles. The predicted molar refractivity (Wildman–Crippen MR) is 92.2 cm³/mol. The van der Waals surface area contributed by atoms with Crippen LogP contribution in [-0.2, 0) is 11.2 Å². The molecule has 0 saturated carbocycles. The quantitative estimate of drug-likeness (QED) is 0.494. The summed E-state index contributed by atoms with van der Waals surface area (Å²) in [5, 5.41) is 7.48. The van der Waals surface area contributed by atoms with Crippen LogP contribution in [0.15, 0.2) is 53.4 Å². The van der Waals surface area contributed by atoms with E-state index >= 15 is 0 Å². The molecule has 0 unspecified atom stereocenters. The third kappa shape index (κ3) is 4.36. The van der Waals surface area contributed by atoms with E-state index in [-0.39, 0.29) is 11.3 Å². The summed E-state index contributed by atoms with van der Waals surface area (Å²) < 4.78 is 0. The number of rotatable bonds is 4. The molecule has 0 bridgehead atoms. The molecule has 0 spiro atoms. The predicted octanol–water partition coefficient (Wildman–Crippen LogP) is 4.56. The highest BCUT2D eigenvalue weighted by Gasteiger charge is 2.12. The summed E-state index contributed by atoms with van der Waals surface area (Å²) in [7, 11) is 0. The van der Waals surface area contributed by atoms with Crippen molar-refractivity contribution in [2.45, 2.75) is 36.8 Å². The maximum absolute atomic E-state index is 7.48. The fraction of sp³-hybridized carbons (Fsp3) is 0.278. The van der Waals surface area contributed by atoms with Crippen LogP contribution < -0.4 is 5.73 Å². The van der Waals surface area contributed by atoms with Crippen LogP contribution in [0.5, 0.6) is 0 Å². The van der Waals surface area contributed by atoms with Crippen molar-refractivity contribution in [1.82, 2.24) is 0 Å². The Balaban J connectivity index is 2.03. The highest BCUT2D eigenvalue weighted by Crippen LogP contribution is 2.27. The van der Waals surface area contributed by atoms with Crippen molar-refractivity contribution in [3.05, 3.63) is 65.2 Å². The SMILES string of the molecule is CC(C)(C)c1ccc(SCc2cccc(C(=N)N)c2)cc1. The first kappa shape index (κ1) is 15.6. The molecule has 0 aliphatic carbocycles. The first-order valence-electron chi connectivity index (χ1n) is 7.03. The van der Waals surface area contributed by atoms with Crippen LogP contribution in [0.1, 0.15) is 37.5 Å². The van der Waals surface area contributed by atoms with E-state index in [9.17, 15) is 0 Å². The first-order chi connectivity index (χ1) is 9.86. The Morgan fingerprint density at radius 2 is 1.76 bits per heavy atom. The van der Waals surface area contributed by atoms with Crippen LogP contribution in [-0.4, -0.2) is 5.84 Å². The highest BCUT2D eigenvalue weighted by molar-refractivity contribution is 7.98. The molecule has 21 heavy (non-hydrogen) atoms. The molecule has 3 N–H and O–H groups in total. The van der Waals surface area contributed by atoms with E-state index < -0.39 is 0 Å². The highest BCUT2D eigenvalue weighted by atomic mass is 32.2. The van der Waals surface area contributed by atoms with E-state index in [2.05, 4.69) is 51.1 Å². The molecule has 2 aromatic rings. The van der Waals surface area contributed by atoms with Crippen LogP contribution in [0, 0.1) is 5.41 Å². The maximum Gasteiger partial charge on any atom is 0.122 e. The van der Waals surface area contributed by atoms with Gasteiger partial charge in [-0.1, -0.05) is 51.1 Å². The van der Waals surface area contributed by atoms with Gasteiger partial charge in [-0.15, -0.1) is 11.8 Å². The minimum absolute atomic E-state index is 0.122. The molecule has 2 rings (SSSR count). The zero-order valence-corrected chi connectivity index (χ0v) is 13.6. The van der Waals surface area contributed by atoms with Crippen LogP contribution in [0.4, 0.5) is 0 Å². The molecule has 0 radical (unpaired) electrons. The number of hydrogen-bond donors (Lipinski definition) is 2. The summed E-state index contributed by atoms with van der Waals surface area (Å²) in [6, 6.07) is 16.6. The summed E-state index contributed by atoms with van der Waals surface area (Å²) >= 11 is 1.80. The lowest BCUT2D eigenvalue weighted by Gasteiger charge is -2.19. The normalized spacial score (nSPS) is 11.4. The molecule has 0 atom stereocenters. The number of benzene rings is 2. The second kappa shape index (κ2) is 6.35. The lowest BCUT2D eigenvalue weighted by molar-refractivity contribution is 0.590. The molecular weight excluding hydrogens is 276 g/mol. The Morgan fingerprint density at radius 3 is 2.33 bits per heavy atom. The Morgan fingerprint density at radius 1 is 1.10 bits per heavy atom. The largest absolute Gasteiger partial charge is 0.384 e. The van der Waals surface area contributed by atoms with Gasteiger partial charge < -0.3 is 5.73 Å². The van der Waals surface area contributed by atoms with Crippen LogP contribution >= 0.6 is 11.8 Å². The Labute approximate surface area is 131 Å². The van der Waals surface area contributed by atoms with Crippen LogP contribution in [0.2, 0.25) is 0 Å². The van der Waals surface area contributed by atoms with E-state index in [4.69, 9.17) is 11.1 Å². The Kier molecular flexibility index (Phi) is 4.73. The van der Waals surface area contributed by atoms with E-state index in [0.29, 0.717) is 0 Å². The number of nitrogens with two attached hydrogens (primary N) is 1. The second-order valence-electron chi connectivity index (χ2n) is 6.18. The average Bonchev–Trinajstić information content (AvgIpc) is 2.45. The summed E-state index contributed by atoms with van der Waals surface area (Å²) in [6.45, 7) is 6.67. The summed E-state index contributed by atoms with van der Waals surface area (Å²) in [6.07, 6.45) is 0. The molecule has 0 aliphatic heterocycles. The standard InChI is InChI=1S/C18H22N2S/c1-18(2,3)15-7-9-16(10-8-15)21-12-13-5-4-6-14(11-13)17(19)20/h4-11H,12H2,1-3H3,(H3,19,20). The van der Waals surface area contributed by atoms with E-state index in [1.165, 1.54) is 16.0 Å². The number of nitrogen functional groups attached to an aromatic ring is 1. The van der Waals surface area contributed by atoms with Gasteiger partial charge in [0, 0.05) is 16.2 Å². The average molecular weight is 298 g/mol. The molecule has 110 valence electrons. The number of hydrogen-bond acceptors (Lipinski definition) is 2. The molecule has 0 saturated heterocycles. The van der Waals surface area contributed by atoms with E-state index in [0.717, 1.165) is 11.3 Å². The molecular formula is C18H22N2S. The molecule has 0 aliphatic rings. The molecule has 0 fully saturated rings. The summed E-state index contributed by atoms with van der Waals surface area (Å²) in [5.41, 5.74) is 9.05. The van der Waals surface area contributed by atoms with E-state index in [1.54, 1.807) is 11.8 Å². The lowest BCUT2D eigenvalue weighted by Crippen LogP contribution is -2.11. The molecule has 0 amide bonds. The van der Waals surface area contributed by atoms with Crippen molar-refractivity contribution in [2.24, 2.45) is 5.73 Å². The van der Waals surface area contributed by atoms with Gasteiger partial charge >= 0.3 is 0 Å². The Bertz CT molecular complexity index is 624. The monoisotopic (exact) mass is 298 g/mol. The van der Waals surface area contributed by atoms with Gasteiger partial charge in [-0.2, -0.15) is 0 Å². The van der Waals surface area contributed by atoms with Gasteiger partial charge in [-0.05, 0) is 34.7 Å². The zero-order chi connectivity index (χ0) is 15.5. The van der Waals surface area contributed by atoms with Crippen molar-refractivity contribution in [2.75, 3.05) is 0 Å². The van der Waals surface area contributed by atoms with Crippen LogP contribution in [0.3, 0.4) is 0 Å². The summed E-state index contributed by atoms with van der Waals surface area (Å²) in [5.74, 6) is 1.01. The van der Waals surface area contributed by atoms with Crippen molar-refractivity contribution in [3.63, 3.8) is 0 Å². The fourth-order valence-electron chi connectivity index (χ4n) is 2.05. The molecule has 0 heterocycles. The van der Waals surface area contributed by atoms with Gasteiger partial charge in [0.2, 0.25) is 0 Å². The molecule has 3 heteroatoms. The van der Waals surface area contributed by atoms with Crippen molar-refractivity contribution in [3.8, 4) is 0 Å². The fourth-order valence-corrected chi connectivity index (χ4v) is 2.89. The number of thioether (sulfide) groups is 1. The minimum Gasteiger partial charge on any atom is -0.384 e. The number of nitrogens with one attached hydrogen (secondary N) is 1. The third-order valence-electron chi connectivity index (χ3n) is 3.36. The molecule has 2 aromatic carbocycles. The van der Waals surface area contributed by atoms with E-state index in [1.807, 2.05) is 18.2 Å². The first-order valence-corrected chi connectivity index (χ1v) is 8.01. The number of amidine groups is 1. The van der Waals surface area contributed by atoms with Gasteiger partial charge in [-0.25, -0.2) is 0 Å². The minimum atomic E-state index is 0.122. The molecule has 2 nitrogen and oxygen atoms in total. The van der Waals surface area contributed by atoms with Gasteiger partial charge in [0.05, 0.1) is 0 Å². The van der Waals surface area contributed by atoms with Crippen molar-refractivity contribution in [1.29, 1.82) is 5.41 Å². The van der Waals surface area contributed by atoms with Crippen molar-refractivity contribution < 1.29 is 0 Å². The maximum atomic E-state index is 7.48. The van der Waals surface area contributed by atoms with Crippen molar-refractivity contribution >= 4 is 17.6 Å². The third-order valence-corrected chi connectivity index (χ3v) is 4.45. The zero-order valence-electron chi connectivity index (χ0n) is 12.8. The van der Waals surface area contributed by atoms with Gasteiger partial charge in [0.25, 0.3) is 0 Å². The van der Waals surface area contributed by atoms with Gasteiger partial charge in [-0.3, -0.25) is 5.41 Å². The van der Waals surface area contributed by atoms with Gasteiger partial charge in [0.15, 0.2) is 0 Å². The summed E-state index contributed by atoms with van der Waals surface area (Å²) in [4.78, 5) is 1.26. The smallest absolute Gasteiger partial charge is 0.122 e. The van der Waals surface area contributed by atoms with Crippen LogP contribution in [0.25, 0.3) is 0 Å². The topological polar surface area (TPSA) is 49.9 Å².